The SMILES string of the molecule is CCOc1ccccc1CNCc1csc(C)n1. The van der Waals surface area contributed by atoms with Gasteiger partial charge in [0, 0.05) is 24.0 Å². The van der Waals surface area contributed by atoms with E-state index in [0.717, 1.165) is 29.5 Å². The number of benzene rings is 1. The molecule has 1 N–H and O–H groups in total. The Morgan fingerprint density at radius 1 is 1.28 bits per heavy atom. The molecule has 0 saturated carbocycles. The van der Waals surface area contributed by atoms with Gasteiger partial charge in [-0.15, -0.1) is 11.3 Å². The van der Waals surface area contributed by atoms with E-state index in [2.05, 4.69) is 21.7 Å². The van der Waals surface area contributed by atoms with Gasteiger partial charge in [0.25, 0.3) is 0 Å². The van der Waals surface area contributed by atoms with E-state index in [9.17, 15) is 0 Å². The molecule has 18 heavy (non-hydrogen) atoms. The fraction of sp³-hybridized carbons (Fsp3) is 0.357. The maximum absolute atomic E-state index is 5.59. The van der Waals surface area contributed by atoms with Gasteiger partial charge in [-0.2, -0.15) is 0 Å². The first kappa shape index (κ1) is 13.1. The molecule has 0 bridgehead atoms. The molecule has 1 heterocycles. The van der Waals surface area contributed by atoms with Crippen LogP contribution >= 0.6 is 11.3 Å². The summed E-state index contributed by atoms with van der Waals surface area (Å²) in [5.41, 5.74) is 2.29. The topological polar surface area (TPSA) is 34.1 Å². The Kier molecular flexibility index (Phi) is 4.73. The van der Waals surface area contributed by atoms with Gasteiger partial charge in [-0.3, -0.25) is 0 Å². The van der Waals surface area contributed by atoms with Gasteiger partial charge in [-0.25, -0.2) is 4.98 Å². The van der Waals surface area contributed by atoms with Crippen LogP contribution in [0.5, 0.6) is 5.75 Å². The molecule has 0 aliphatic carbocycles. The summed E-state index contributed by atoms with van der Waals surface area (Å²) in [5, 5.41) is 6.60. The number of hydrogen-bond donors (Lipinski definition) is 1. The van der Waals surface area contributed by atoms with Crippen LogP contribution in [-0.2, 0) is 13.1 Å². The molecule has 2 rings (SSSR count). The normalized spacial score (nSPS) is 10.6. The third-order valence-electron chi connectivity index (χ3n) is 2.56. The minimum Gasteiger partial charge on any atom is -0.494 e. The predicted molar refractivity (Wildman–Crippen MR) is 75.0 cm³/mol. The maximum Gasteiger partial charge on any atom is 0.123 e. The van der Waals surface area contributed by atoms with Crippen LogP contribution in [-0.4, -0.2) is 11.6 Å². The maximum atomic E-state index is 5.59. The third-order valence-corrected chi connectivity index (χ3v) is 3.38. The third kappa shape index (κ3) is 3.55. The number of ether oxygens (including phenoxy) is 1. The predicted octanol–water partition coefficient (Wildman–Crippen LogP) is 3.14. The molecule has 0 aliphatic rings. The molecule has 0 atom stereocenters. The number of aromatic nitrogens is 1. The summed E-state index contributed by atoms with van der Waals surface area (Å²) in [5.74, 6) is 0.960. The fourth-order valence-electron chi connectivity index (χ4n) is 1.76. The monoisotopic (exact) mass is 262 g/mol. The first-order valence-electron chi connectivity index (χ1n) is 6.12. The zero-order valence-corrected chi connectivity index (χ0v) is 11.6. The Labute approximate surface area is 112 Å². The highest BCUT2D eigenvalue weighted by Crippen LogP contribution is 2.17. The van der Waals surface area contributed by atoms with Gasteiger partial charge in [-0.05, 0) is 19.9 Å². The van der Waals surface area contributed by atoms with E-state index < -0.39 is 0 Å². The van der Waals surface area contributed by atoms with E-state index in [1.165, 1.54) is 5.56 Å². The molecule has 0 unspecified atom stereocenters. The van der Waals surface area contributed by atoms with Crippen molar-refractivity contribution in [2.75, 3.05) is 6.61 Å². The van der Waals surface area contributed by atoms with Crippen molar-refractivity contribution in [1.82, 2.24) is 10.3 Å². The lowest BCUT2D eigenvalue weighted by atomic mass is 10.2. The van der Waals surface area contributed by atoms with Crippen LogP contribution < -0.4 is 10.1 Å². The van der Waals surface area contributed by atoms with Gasteiger partial charge in [0.05, 0.1) is 17.3 Å². The lowest BCUT2D eigenvalue weighted by Crippen LogP contribution is -2.13. The summed E-state index contributed by atoms with van der Waals surface area (Å²) < 4.78 is 5.59. The van der Waals surface area contributed by atoms with E-state index >= 15 is 0 Å². The van der Waals surface area contributed by atoms with Crippen LogP contribution in [0.25, 0.3) is 0 Å². The molecule has 3 nitrogen and oxygen atoms in total. The van der Waals surface area contributed by atoms with Crippen LogP contribution in [0.2, 0.25) is 0 Å². The molecule has 0 amide bonds. The summed E-state index contributed by atoms with van der Waals surface area (Å²) in [4.78, 5) is 4.43. The fourth-order valence-corrected chi connectivity index (χ4v) is 2.37. The summed E-state index contributed by atoms with van der Waals surface area (Å²) >= 11 is 1.69. The molecule has 0 spiro atoms. The molecular weight excluding hydrogens is 244 g/mol. The van der Waals surface area contributed by atoms with E-state index in [0.29, 0.717) is 6.61 Å². The first-order chi connectivity index (χ1) is 8.79. The molecule has 1 aromatic carbocycles. The highest BCUT2D eigenvalue weighted by molar-refractivity contribution is 7.09. The molecule has 0 radical (unpaired) electrons. The van der Waals surface area contributed by atoms with Crippen LogP contribution in [0.1, 0.15) is 23.2 Å². The first-order valence-corrected chi connectivity index (χ1v) is 7.00. The molecule has 96 valence electrons. The van der Waals surface area contributed by atoms with Crippen molar-refractivity contribution in [3.05, 3.63) is 45.9 Å². The number of nitrogens with one attached hydrogen (secondary N) is 1. The second-order valence-corrected chi connectivity index (χ2v) is 5.06. The largest absolute Gasteiger partial charge is 0.494 e. The average molecular weight is 262 g/mol. The zero-order valence-electron chi connectivity index (χ0n) is 10.8. The van der Waals surface area contributed by atoms with Crippen LogP contribution in [0.4, 0.5) is 0 Å². The molecule has 1 aromatic heterocycles. The van der Waals surface area contributed by atoms with Gasteiger partial charge < -0.3 is 10.1 Å². The smallest absolute Gasteiger partial charge is 0.123 e. The minimum atomic E-state index is 0.697. The van der Waals surface area contributed by atoms with Gasteiger partial charge in [-0.1, -0.05) is 18.2 Å². The van der Waals surface area contributed by atoms with E-state index in [-0.39, 0.29) is 0 Å². The lowest BCUT2D eigenvalue weighted by Gasteiger charge is -2.10. The molecular formula is C14H18N2OS. The Morgan fingerprint density at radius 3 is 2.83 bits per heavy atom. The quantitative estimate of drug-likeness (QED) is 0.868. The van der Waals surface area contributed by atoms with Crippen molar-refractivity contribution in [1.29, 1.82) is 0 Å². The Hall–Kier alpha value is -1.39. The summed E-state index contributed by atoms with van der Waals surface area (Å²) in [6.07, 6.45) is 0. The summed E-state index contributed by atoms with van der Waals surface area (Å²) in [7, 11) is 0. The lowest BCUT2D eigenvalue weighted by molar-refractivity contribution is 0.335. The molecule has 4 heteroatoms. The van der Waals surface area contributed by atoms with E-state index in [4.69, 9.17) is 4.74 Å². The number of hydrogen-bond acceptors (Lipinski definition) is 4. The number of rotatable bonds is 6. The Balaban J connectivity index is 1.89. The van der Waals surface area contributed by atoms with Gasteiger partial charge >= 0.3 is 0 Å². The molecule has 0 aliphatic heterocycles. The number of aryl methyl sites for hydroxylation is 1. The standard InChI is InChI=1S/C14H18N2OS/c1-3-17-14-7-5-4-6-12(14)8-15-9-13-10-18-11(2)16-13/h4-7,10,15H,3,8-9H2,1-2H3. The number of nitrogens with zero attached hydrogens (tertiary/aromatic N) is 1. The Morgan fingerprint density at radius 2 is 2.11 bits per heavy atom. The van der Waals surface area contributed by atoms with Crippen molar-refractivity contribution in [3.8, 4) is 5.75 Å². The Bertz CT molecular complexity index is 496. The van der Waals surface area contributed by atoms with E-state index in [1.54, 1.807) is 11.3 Å². The average Bonchev–Trinajstić information content (AvgIpc) is 2.78. The van der Waals surface area contributed by atoms with Crippen molar-refractivity contribution in [2.24, 2.45) is 0 Å². The van der Waals surface area contributed by atoms with Crippen LogP contribution in [0.15, 0.2) is 29.6 Å². The highest BCUT2D eigenvalue weighted by atomic mass is 32.1. The van der Waals surface area contributed by atoms with Crippen molar-refractivity contribution >= 4 is 11.3 Å². The number of para-hydroxylation sites is 1. The minimum absolute atomic E-state index is 0.697. The van der Waals surface area contributed by atoms with Crippen molar-refractivity contribution in [3.63, 3.8) is 0 Å². The van der Waals surface area contributed by atoms with Crippen LogP contribution in [0, 0.1) is 6.92 Å². The van der Waals surface area contributed by atoms with Crippen molar-refractivity contribution in [2.45, 2.75) is 26.9 Å². The summed E-state index contributed by atoms with van der Waals surface area (Å²) in [6, 6.07) is 8.13. The van der Waals surface area contributed by atoms with E-state index in [1.807, 2.05) is 32.0 Å². The molecule has 0 fully saturated rings. The highest BCUT2D eigenvalue weighted by Gasteiger charge is 2.02. The van der Waals surface area contributed by atoms with Gasteiger partial charge in [0.1, 0.15) is 5.75 Å². The van der Waals surface area contributed by atoms with Crippen molar-refractivity contribution < 1.29 is 4.74 Å². The van der Waals surface area contributed by atoms with Gasteiger partial charge in [0.2, 0.25) is 0 Å². The molecule has 0 saturated heterocycles. The van der Waals surface area contributed by atoms with Gasteiger partial charge in [0.15, 0.2) is 0 Å². The zero-order chi connectivity index (χ0) is 12.8. The second kappa shape index (κ2) is 6.52. The second-order valence-electron chi connectivity index (χ2n) is 4.00. The molecule has 2 aromatic rings. The number of thiazole rings is 1. The van der Waals surface area contributed by atoms with Crippen LogP contribution in [0.3, 0.4) is 0 Å². The summed E-state index contributed by atoms with van der Waals surface area (Å²) in [6.45, 7) is 6.32.